The first-order valence-electron chi connectivity index (χ1n) is 4.85. The topological polar surface area (TPSA) is 84.1 Å². The molecule has 2 N–H and O–H groups in total. The molecule has 0 aromatic carbocycles. The van der Waals surface area contributed by atoms with Crippen molar-refractivity contribution in [3.05, 3.63) is 18.2 Å². The van der Waals surface area contributed by atoms with E-state index in [1.807, 2.05) is 0 Å². The van der Waals surface area contributed by atoms with Crippen molar-refractivity contribution in [1.29, 1.82) is 0 Å². The van der Waals surface area contributed by atoms with Gasteiger partial charge in [-0.25, -0.2) is 9.78 Å². The Morgan fingerprint density at radius 2 is 2.31 bits per heavy atom. The van der Waals surface area contributed by atoms with E-state index in [9.17, 15) is 9.59 Å². The van der Waals surface area contributed by atoms with Crippen LogP contribution in [0.25, 0.3) is 0 Å². The highest BCUT2D eigenvalue weighted by Gasteiger charge is 2.20. The van der Waals surface area contributed by atoms with E-state index in [2.05, 4.69) is 15.3 Å². The zero-order valence-corrected chi connectivity index (χ0v) is 9.48. The van der Waals surface area contributed by atoms with Gasteiger partial charge in [0.2, 0.25) is 0 Å². The van der Waals surface area contributed by atoms with Crippen molar-refractivity contribution in [3.8, 4) is 0 Å². The maximum Gasteiger partial charge on any atom is 0.408 e. The van der Waals surface area contributed by atoms with Crippen LogP contribution in [0.3, 0.4) is 0 Å². The summed E-state index contributed by atoms with van der Waals surface area (Å²) in [6.45, 7) is 5.25. The zero-order valence-electron chi connectivity index (χ0n) is 9.48. The smallest absolute Gasteiger partial charge is 0.408 e. The van der Waals surface area contributed by atoms with Gasteiger partial charge < -0.3 is 19.8 Å². The lowest BCUT2D eigenvalue weighted by atomic mass is 10.2. The summed E-state index contributed by atoms with van der Waals surface area (Å²) in [5.74, 6) is 0. The quantitative estimate of drug-likeness (QED) is 0.756. The fourth-order valence-corrected chi connectivity index (χ4v) is 1.06. The second-order valence-electron chi connectivity index (χ2n) is 4.27. The lowest BCUT2D eigenvalue weighted by molar-refractivity contribution is -0.109. The van der Waals surface area contributed by atoms with E-state index in [1.165, 1.54) is 12.5 Å². The van der Waals surface area contributed by atoms with Crippen molar-refractivity contribution < 1.29 is 14.3 Å². The van der Waals surface area contributed by atoms with Crippen LogP contribution in [0.1, 0.15) is 32.5 Å². The Bertz CT molecular complexity index is 354. The number of alkyl carbamates (subject to hydrolysis) is 1. The molecule has 6 nitrogen and oxygen atoms in total. The molecular weight excluding hydrogens is 210 g/mol. The van der Waals surface area contributed by atoms with Crippen molar-refractivity contribution in [2.75, 3.05) is 0 Å². The molecule has 0 saturated heterocycles. The van der Waals surface area contributed by atoms with Gasteiger partial charge in [-0.05, 0) is 20.8 Å². The predicted octanol–water partition coefficient (Wildman–Crippen LogP) is 1.17. The SMILES string of the molecule is CC(C)(C)OC(=O)NC(C=O)c1cnc[nH]1. The summed E-state index contributed by atoms with van der Waals surface area (Å²) in [5.41, 5.74) is -0.0771. The molecule has 0 bridgehead atoms. The molecule has 1 unspecified atom stereocenters. The van der Waals surface area contributed by atoms with Gasteiger partial charge in [0.15, 0.2) is 0 Å². The van der Waals surface area contributed by atoms with Gasteiger partial charge in [-0.1, -0.05) is 0 Å². The number of nitrogens with one attached hydrogen (secondary N) is 2. The maximum absolute atomic E-state index is 11.4. The zero-order chi connectivity index (χ0) is 12.2. The van der Waals surface area contributed by atoms with Crippen LogP contribution in [-0.2, 0) is 9.53 Å². The maximum atomic E-state index is 11.4. The van der Waals surface area contributed by atoms with E-state index < -0.39 is 17.7 Å². The number of carbonyl (C=O) groups excluding carboxylic acids is 2. The van der Waals surface area contributed by atoms with E-state index in [1.54, 1.807) is 20.8 Å². The Labute approximate surface area is 93.4 Å². The molecular formula is C10H15N3O3. The number of nitrogens with zero attached hydrogens (tertiary/aromatic N) is 1. The van der Waals surface area contributed by atoms with Crippen molar-refractivity contribution in [2.45, 2.75) is 32.4 Å². The van der Waals surface area contributed by atoms with Crippen LogP contribution in [0, 0.1) is 0 Å². The summed E-state index contributed by atoms with van der Waals surface area (Å²) in [6.07, 6.45) is 2.87. The van der Waals surface area contributed by atoms with Crippen molar-refractivity contribution in [2.24, 2.45) is 0 Å². The first-order chi connectivity index (χ1) is 7.42. The molecule has 1 atom stereocenters. The molecule has 1 rings (SSSR count). The van der Waals surface area contributed by atoms with Crippen molar-refractivity contribution >= 4 is 12.4 Å². The van der Waals surface area contributed by atoms with Gasteiger partial charge in [0.25, 0.3) is 0 Å². The number of hydrogen-bond acceptors (Lipinski definition) is 4. The van der Waals surface area contributed by atoms with E-state index in [-0.39, 0.29) is 0 Å². The second kappa shape index (κ2) is 4.78. The Hall–Kier alpha value is -1.85. The van der Waals surface area contributed by atoms with Crippen LogP contribution >= 0.6 is 0 Å². The molecule has 0 saturated carbocycles. The Kier molecular flexibility index (Phi) is 3.65. The average Bonchev–Trinajstić information content (AvgIpc) is 2.63. The Morgan fingerprint density at radius 1 is 1.62 bits per heavy atom. The standard InChI is InChI=1S/C10H15N3O3/c1-10(2,3)16-9(15)13-8(5-14)7-4-11-6-12-7/h4-6,8H,1-3H3,(H,11,12)(H,13,15). The molecule has 0 aliphatic heterocycles. The average molecular weight is 225 g/mol. The number of hydrogen-bond donors (Lipinski definition) is 2. The van der Waals surface area contributed by atoms with Gasteiger partial charge in [-0.15, -0.1) is 0 Å². The van der Waals surface area contributed by atoms with Crippen LogP contribution in [0.5, 0.6) is 0 Å². The summed E-state index contributed by atoms with van der Waals surface area (Å²) < 4.78 is 5.02. The number of aromatic amines is 1. The minimum Gasteiger partial charge on any atom is -0.444 e. The van der Waals surface area contributed by atoms with Crippen LogP contribution < -0.4 is 5.32 Å². The molecule has 0 radical (unpaired) electrons. The number of aromatic nitrogens is 2. The highest BCUT2D eigenvalue weighted by atomic mass is 16.6. The van der Waals surface area contributed by atoms with Crippen LogP contribution in [0.4, 0.5) is 4.79 Å². The number of aldehydes is 1. The van der Waals surface area contributed by atoms with Gasteiger partial charge in [-0.3, -0.25) is 0 Å². The summed E-state index contributed by atoms with van der Waals surface area (Å²) in [5, 5.41) is 2.43. The van der Waals surface area contributed by atoms with Gasteiger partial charge in [-0.2, -0.15) is 0 Å². The van der Waals surface area contributed by atoms with Crippen molar-refractivity contribution in [3.63, 3.8) is 0 Å². The summed E-state index contributed by atoms with van der Waals surface area (Å²) in [7, 11) is 0. The molecule has 6 heteroatoms. The third-order valence-corrected chi connectivity index (χ3v) is 1.66. The Balaban J connectivity index is 2.58. The fraction of sp³-hybridized carbons (Fsp3) is 0.500. The largest absolute Gasteiger partial charge is 0.444 e. The highest BCUT2D eigenvalue weighted by Crippen LogP contribution is 2.10. The van der Waals surface area contributed by atoms with Crippen LogP contribution in [0.15, 0.2) is 12.5 Å². The predicted molar refractivity (Wildman–Crippen MR) is 56.8 cm³/mol. The fourth-order valence-electron chi connectivity index (χ4n) is 1.06. The first kappa shape index (κ1) is 12.2. The lowest BCUT2D eigenvalue weighted by Crippen LogP contribution is -2.35. The minimum atomic E-state index is -0.766. The molecule has 1 aromatic rings. The van der Waals surface area contributed by atoms with Crippen LogP contribution in [-0.4, -0.2) is 27.9 Å². The summed E-state index contributed by atoms with van der Waals surface area (Å²) in [6, 6.07) is -0.766. The van der Waals surface area contributed by atoms with E-state index >= 15 is 0 Å². The third kappa shape index (κ3) is 3.72. The first-order valence-corrected chi connectivity index (χ1v) is 4.85. The van der Waals surface area contributed by atoms with Crippen molar-refractivity contribution in [1.82, 2.24) is 15.3 Å². The minimum absolute atomic E-state index is 0.515. The van der Waals surface area contributed by atoms with Gasteiger partial charge >= 0.3 is 6.09 Å². The van der Waals surface area contributed by atoms with Gasteiger partial charge in [0.05, 0.1) is 18.2 Å². The second-order valence-corrected chi connectivity index (χ2v) is 4.27. The highest BCUT2D eigenvalue weighted by molar-refractivity contribution is 5.74. The normalized spacial score (nSPS) is 12.9. The number of ether oxygens (including phenoxy) is 1. The molecule has 0 aliphatic carbocycles. The monoisotopic (exact) mass is 225 g/mol. The molecule has 1 amide bonds. The molecule has 0 fully saturated rings. The number of rotatable bonds is 3. The number of amides is 1. The summed E-state index contributed by atoms with van der Waals surface area (Å²) >= 11 is 0. The molecule has 88 valence electrons. The molecule has 0 aliphatic rings. The molecule has 16 heavy (non-hydrogen) atoms. The van der Waals surface area contributed by atoms with Gasteiger partial charge in [0, 0.05) is 0 Å². The molecule has 1 aromatic heterocycles. The molecule has 1 heterocycles. The van der Waals surface area contributed by atoms with E-state index in [0.29, 0.717) is 12.0 Å². The van der Waals surface area contributed by atoms with E-state index in [0.717, 1.165) is 0 Å². The lowest BCUT2D eigenvalue weighted by Gasteiger charge is -2.21. The number of imidazole rings is 1. The van der Waals surface area contributed by atoms with Crippen LogP contribution in [0.2, 0.25) is 0 Å². The molecule has 0 spiro atoms. The van der Waals surface area contributed by atoms with E-state index in [4.69, 9.17) is 4.74 Å². The van der Waals surface area contributed by atoms with Gasteiger partial charge in [0.1, 0.15) is 17.9 Å². The Morgan fingerprint density at radius 3 is 2.75 bits per heavy atom. The number of H-pyrrole nitrogens is 1. The summed E-state index contributed by atoms with van der Waals surface area (Å²) in [4.78, 5) is 28.7. The third-order valence-electron chi connectivity index (χ3n) is 1.66. The number of carbonyl (C=O) groups is 2.